The molecule has 1 aliphatic rings. The molecule has 0 aliphatic carbocycles. The Labute approximate surface area is 237 Å². The van der Waals surface area contributed by atoms with Gasteiger partial charge in [0.1, 0.15) is 6.23 Å². The number of pyridine rings is 1. The van der Waals surface area contributed by atoms with E-state index in [0.717, 1.165) is 39.7 Å². The van der Waals surface area contributed by atoms with E-state index in [1.807, 2.05) is 51.1 Å². The maximum atomic E-state index is 13.5. The number of nitrogens with one attached hydrogen (secondary N) is 2. The lowest BCUT2D eigenvalue weighted by Gasteiger charge is -2.35. The van der Waals surface area contributed by atoms with Gasteiger partial charge in [0.05, 0.1) is 11.1 Å². The number of amides is 2. The summed E-state index contributed by atoms with van der Waals surface area (Å²) in [6, 6.07) is 18.2. The van der Waals surface area contributed by atoms with Crippen molar-refractivity contribution in [3.05, 3.63) is 101 Å². The molecule has 41 heavy (non-hydrogen) atoms. The molecule has 9 heteroatoms. The number of carbonyl (C=O) groups excluding carboxylic acids is 1. The highest BCUT2D eigenvalue weighted by atomic mass is 19.4. The fourth-order valence-corrected chi connectivity index (χ4v) is 5.30. The number of benzene rings is 3. The van der Waals surface area contributed by atoms with Crippen LogP contribution in [0.25, 0.3) is 22.0 Å². The van der Waals surface area contributed by atoms with Gasteiger partial charge < -0.3 is 15.3 Å². The summed E-state index contributed by atoms with van der Waals surface area (Å²) in [6.07, 6.45) is -3.37. The van der Waals surface area contributed by atoms with Gasteiger partial charge >= 0.3 is 12.2 Å². The molecule has 1 unspecified atom stereocenters. The molecule has 0 bridgehead atoms. The number of aliphatic hydroxyl groups is 1. The van der Waals surface area contributed by atoms with Gasteiger partial charge in [0.2, 0.25) is 0 Å². The Bertz CT molecular complexity index is 1570. The zero-order chi connectivity index (χ0) is 29.4. The normalized spacial score (nSPS) is 14.6. The number of hydrogen-bond donors (Lipinski definition) is 3. The molecule has 1 aliphatic heterocycles. The second-order valence-electron chi connectivity index (χ2n) is 11.4. The van der Waals surface area contributed by atoms with Crippen molar-refractivity contribution >= 4 is 16.9 Å². The highest BCUT2D eigenvalue weighted by Gasteiger charge is 2.32. The first-order valence-electron chi connectivity index (χ1n) is 13.5. The number of halogens is 3. The zero-order valence-electron chi connectivity index (χ0n) is 23.2. The second-order valence-corrected chi connectivity index (χ2v) is 11.4. The molecule has 1 atom stereocenters. The number of rotatable bonds is 5. The van der Waals surface area contributed by atoms with E-state index >= 15 is 0 Å². The largest absolute Gasteiger partial charge is 0.416 e. The van der Waals surface area contributed by atoms with Crippen LogP contribution >= 0.6 is 0 Å². The predicted molar refractivity (Wildman–Crippen MR) is 153 cm³/mol. The summed E-state index contributed by atoms with van der Waals surface area (Å²) in [7, 11) is 0. The van der Waals surface area contributed by atoms with Gasteiger partial charge in [-0.25, -0.2) is 4.79 Å². The number of aromatic nitrogens is 1. The van der Waals surface area contributed by atoms with Crippen LogP contribution < -0.4 is 10.6 Å². The average Bonchev–Trinajstić information content (AvgIpc) is 2.93. The number of nitrogens with zero attached hydrogens (tertiary/aromatic N) is 2. The van der Waals surface area contributed by atoms with Gasteiger partial charge in [-0.05, 0) is 79.3 Å². The highest BCUT2D eigenvalue weighted by molar-refractivity contribution is 5.82. The molecule has 0 saturated carbocycles. The van der Waals surface area contributed by atoms with Gasteiger partial charge in [-0.2, -0.15) is 13.2 Å². The Kier molecular flexibility index (Phi) is 7.76. The van der Waals surface area contributed by atoms with Gasteiger partial charge in [-0.1, -0.05) is 42.5 Å². The van der Waals surface area contributed by atoms with Crippen LogP contribution in [0.4, 0.5) is 18.0 Å². The third kappa shape index (κ3) is 6.36. The Morgan fingerprint density at radius 2 is 1.80 bits per heavy atom. The van der Waals surface area contributed by atoms with Gasteiger partial charge in [-0.3, -0.25) is 10.3 Å². The Morgan fingerprint density at radius 3 is 2.56 bits per heavy atom. The third-order valence-corrected chi connectivity index (χ3v) is 7.23. The molecule has 0 saturated heterocycles. The van der Waals surface area contributed by atoms with E-state index in [2.05, 4.69) is 15.6 Å². The van der Waals surface area contributed by atoms with Crippen LogP contribution in [0.15, 0.2) is 72.9 Å². The summed E-state index contributed by atoms with van der Waals surface area (Å²) in [4.78, 5) is 19.1. The number of urea groups is 1. The first-order valence-corrected chi connectivity index (χ1v) is 13.5. The van der Waals surface area contributed by atoms with E-state index < -0.39 is 23.5 Å². The molecular weight excluding hydrogens is 529 g/mol. The van der Waals surface area contributed by atoms with Crippen LogP contribution in [-0.2, 0) is 25.7 Å². The summed E-state index contributed by atoms with van der Waals surface area (Å²) in [5.41, 5.74) is 3.92. The lowest BCUT2D eigenvalue weighted by Crippen LogP contribution is -2.50. The second kappa shape index (κ2) is 11.1. The van der Waals surface area contributed by atoms with Crippen molar-refractivity contribution < 1.29 is 23.1 Å². The fraction of sp³-hybridized carbons (Fsp3) is 0.312. The van der Waals surface area contributed by atoms with E-state index in [1.54, 1.807) is 29.3 Å². The number of alkyl halides is 3. The number of hydrogen-bond acceptors (Lipinski definition) is 4. The lowest BCUT2D eigenvalue weighted by atomic mass is 9.86. The van der Waals surface area contributed by atoms with E-state index in [9.17, 15) is 23.1 Å². The summed E-state index contributed by atoms with van der Waals surface area (Å²) in [5, 5.41) is 18.5. The molecule has 3 aromatic carbocycles. The molecule has 0 fully saturated rings. The molecule has 214 valence electrons. The minimum absolute atomic E-state index is 0.219. The van der Waals surface area contributed by atoms with Crippen molar-refractivity contribution in [2.75, 3.05) is 6.54 Å². The molecule has 1 aromatic heterocycles. The summed E-state index contributed by atoms with van der Waals surface area (Å²) in [5.74, 6) is 0. The molecule has 0 radical (unpaired) electrons. The van der Waals surface area contributed by atoms with Crippen LogP contribution in [0.1, 0.15) is 54.8 Å². The van der Waals surface area contributed by atoms with Gasteiger partial charge in [0.15, 0.2) is 0 Å². The average molecular weight is 563 g/mol. The molecule has 0 spiro atoms. The zero-order valence-corrected chi connectivity index (χ0v) is 23.2. The molecule has 2 amide bonds. The SMILES string of the molecule is CC(C)(C)NC(=O)N1CCc2c(-c3cccc(C(F)(F)F)c3)ccc(C(O)NCc3cccc4ncccc34)c2C1. The maximum absolute atomic E-state index is 13.5. The smallest absolute Gasteiger partial charge is 0.374 e. The van der Waals surface area contributed by atoms with E-state index in [0.29, 0.717) is 36.2 Å². The molecule has 4 aromatic rings. The maximum Gasteiger partial charge on any atom is 0.416 e. The van der Waals surface area contributed by atoms with Gasteiger partial charge in [0.25, 0.3) is 0 Å². The molecule has 2 heterocycles. The van der Waals surface area contributed by atoms with E-state index in [-0.39, 0.29) is 12.6 Å². The minimum atomic E-state index is -4.46. The lowest BCUT2D eigenvalue weighted by molar-refractivity contribution is -0.137. The standard InChI is InChI=1S/C32H33F3N4O2/c1-31(2,3)38-30(41)39-16-14-25-23(20-7-4-9-22(17-20)32(33,34)35)12-13-26(27(25)19-39)29(40)37-18-21-8-5-11-28-24(21)10-6-15-36-28/h4-13,15,17,29,37,40H,14,16,18-19H2,1-3H3,(H,38,41). The molecule has 3 N–H and O–H groups in total. The van der Waals surface area contributed by atoms with Crippen LogP contribution in [0.2, 0.25) is 0 Å². The van der Waals surface area contributed by atoms with Crippen molar-refractivity contribution in [3.8, 4) is 11.1 Å². The van der Waals surface area contributed by atoms with Crippen LogP contribution in [0.3, 0.4) is 0 Å². The van der Waals surface area contributed by atoms with Gasteiger partial charge in [-0.15, -0.1) is 0 Å². The van der Waals surface area contributed by atoms with Crippen molar-refractivity contribution in [1.82, 2.24) is 20.5 Å². The monoisotopic (exact) mass is 562 g/mol. The molecular formula is C32H33F3N4O2. The van der Waals surface area contributed by atoms with Crippen LogP contribution in [0.5, 0.6) is 0 Å². The third-order valence-electron chi connectivity index (χ3n) is 7.23. The van der Waals surface area contributed by atoms with Crippen molar-refractivity contribution in [3.63, 3.8) is 0 Å². The Hall–Kier alpha value is -3.95. The summed E-state index contributed by atoms with van der Waals surface area (Å²) in [6.45, 7) is 6.68. The summed E-state index contributed by atoms with van der Waals surface area (Å²) >= 11 is 0. The fourth-order valence-electron chi connectivity index (χ4n) is 5.30. The first kappa shape index (κ1) is 28.6. The quantitative estimate of drug-likeness (QED) is 0.241. The van der Waals surface area contributed by atoms with Gasteiger partial charge in [0, 0.05) is 42.3 Å². The minimum Gasteiger partial charge on any atom is -0.374 e. The Balaban J connectivity index is 1.50. The van der Waals surface area contributed by atoms with Crippen LogP contribution in [0, 0.1) is 0 Å². The van der Waals surface area contributed by atoms with Crippen molar-refractivity contribution in [2.24, 2.45) is 0 Å². The van der Waals surface area contributed by atoms with Crippen LogP contribution in [-0.4, -0.2) is 33.1 Å². The highest BCUT2D eigenvalue weighted by Crippen LogP contribution is 2.37. The van der Waals surface area contributed by atoms with E-state index in [1.165, 1.54) is 6.07 Å². The number of carbonyl (C=O) groups is 1. The molecule has 6 nitrogen and oxygen atoms in total. The first-order chi connectivity index (χ1) is 19.4. The molecule has 5 rings (SSSR count). The van der Waals surface area contributed by atoms with Crippen molar-refractivity contribution in [1.29, 1.82) is 0 Å². The number of aliphatic hydroxyl groups excluding tert-OH is 1. The predicted octanol–water partition coefficient (Wildman–Crippen LogP) is 6.57. The number of fused-ring (bicyclic) bond motifs is 2. The topological polar surface area (TPSA) is 77.5 Å². The summed E-state index contributed by atoms with van der Waals surface area (Å²) < 4.78 is 40.5. The Morgan fingerprint density at radius 1 is 1.02 bits per heavy atom. The van der Waals surface area contributed by atoms with E-state index in [4.69, 9.17) is 0 Å². The van der Waals surface area contributed by atoms with Crippen molar-refractivity contribution in [2.45, 2.75) is 58.2 Å².